The van der Waals surface area contributed by atoms with Crippen LogP contribution in [-0.4, -0.2) is 68.6 Å². The number of carbonyl (C=O) groups excluding carboxylic acids is 1. The second-order valence-corrected chi connectivity index (χ2v) is 6.23. The summed E-state index contributed by atoms with van der Waals surface area (Å²) < 4.78 is 48.3. The number of methoxy groups -OCH3 is 1. The first-order valence-corrected chi connectivity index (χ1v) is 8.08. The maximum atomic E-state index is 12.5. The maximum Gasteiger partial charge on any atom is 0.401 e. The van der Waals surface area contributed by atoms with E-state index >= 15 is 0 Å². The summed E-state index contributed by atoms with van der Waals surface area (Å²) >= 11 is 0. The van der Waals surface area contributed by atoms with E-state index in [9.17, 15) is 18.0 Å². The molecule has 0 bridgehead atoms. The molecule has 0 radical (unpaired) electrons. The van der Waals surface area contributed by atoms with Gasteiger partial charge in [-0.05, 0) is 32.7 Å². The fourth-order valence-corrected chi connectivity index (χ4v) is 3.38. The third-order valence-electron chi connectivity index (χ3n) is 4.51. The van der Waals surface area contributed by atoms with Crippen LogP contribution in [0, 0.1) is 5.92 Å². The van der Waals surface area contributed by atoms with E-state index in [1.165, 1.54) is 4.90 Å². The van der Waals surface area contributed by atoms with E-state index < -0.39 is 18.6 Å². The number of halogens is 3. The lowest BCUT2D eigenvalue weighted by molar-refractivity contribution is -0.155. The Morgan fingerprint density at radius 3 is 2.74 bits per heavy atom. The van der Waals surface area contributed by atoms with E-state index in [0.717, 1.165) is 0 Å². The molecule has 8 heteroatoms. The van der Waals surface area contributed by atoms with Crippen molar-refractivity contribution < 1.29 is 27.4 Å². The molecule has 5 nitrogen and oxygen atoms in total. The van der Waals surface area contributed by atoms with Crippen molar-refractivity contribution in [3.63, 3.8) is 0 Å². The van der Waals surface area contributed by atoms with Crippen LogP contribution < -0.4 is 5.32 Å². The SMILES string of the molecule is CCO[C@@H]1C[C@H](NC(=O)[C@H]2CCCN(CC(F)(F)F)C2)[C@H]1OC. The number of alkyl halides is 3. The average Bonchev–Trinajstić information content (AvgIpc) is 2.44. The molecular weight excluding hydrogens is 313 g/mol. The zero-order chi connectivity index (χ0) is 17.0. The van der Waals surface area contributed by atoms with E-state index in [2.05, 4.69) is 5.32 Å². The monoisotopic (exact) mass is 338 g/mol. The van der Waals surface area contributed by atoms with Gasteiger partial charge in [0.1, 0.15) is 6.10 Å². The molecule has 0 spiro atoms. The standard InChI is InChI=1S/C15H25F3N2O3/c1-3-23-12-7-11(13(12)22-2)19-14(21)10-5-4-6-20(8-10)9-15(16,17)18/h10-13H,3-9H2,1-2H3,(H,19,21)/t10-,11-,12+,13+/m0/s1. The van der Waals surface area contributed by atoms with Crippen LogP contribution in [0.1, 0.15) is 26.2 Å². The predicted molar refractivity (Wildman–Crippen MR) is 78.0 cm³/mol. The van der Waals surface area contributed by atoms with Gasteiger partial charge >= 0.3 is 6.18 Å². The van der Waals surface area contributed by atoms with Gasteiger partial charge in [0.15, 0.2) is 0 Å². The number of ether oxygens (including phenoxy) is 2. The van der Waals surface area contributed by atoms with Gasteiger partial charge in [-0.1, -0.05) is 0 Å². The van der Waals surface area contributed by atoms with Crippen LogP contribution in [0.4, 0.5) is 13.2 Å². The molecule has 0 aromatic heterocycles. The Hall–Kier alpha value is -0.860. The third-order valence-corrected chi connectivity index (χ3v) is 4.51. The number of piperidine rings is 1. The Kier molecular flexibility index (Phi) is 6.27. The minimum Gasteiger partial charge on any atom is -0.377 e. The minimum atomic E-state index is -4.22. The minimum absolute atomic E-state index is 0.0246. The van der Waals surface area contributed by atoms with Crippen molar-refractivity contribution in [3.05, 3.63) is 0 Å². The number of hydrogen-bond acceptors (Lipinski definition) is 4. The van der Waals surface area contributed by atoms with Gasteiger partial charge in [0.25, 0.3) is 0 Å². The Labute approximate surface area is 134 Å². The summed E-state index contributed by atoms with van der Waals surface area (Å²) in [5.74, 6) is -0.575. The van der Waals surface area contributed by atoms with Crippen molar-refractivity contribution >= 4 is 5.91 Å². The summed E-state index contributed by atoms with van der Waals surface area (Å²) in [5.41, 5.74) is 0. The van der Waals surface area contributed by atoms with Gasteiger partial charge in [-0.2, -0.15) is 13.2 Å². The molecule has 1 saturated carbocycles. The zero-order valence-corrected chi connectivity index (χ0v) is 13.6. The van der Waals surface area contributed by atoms with E-state index in [1.807, 2.05) is 6.92 Å². The number of hydrogen-bond donors (Lipinski definition) is 1. The van der Waals surface area contributed by atoms with Crippen molar-refractivity contribution in [3.8, 4) is 0 Å². The molecule has 1 aliphatic heterocycles. The highest BCUT2D eigenvalue weighted by Gasteiger charge is 2.44. The zero-order valence-electron chi connectivity index (χ0n) is 13.6. The Balaban J connectivity index is 1.81. The van der Waals surface area contributed by atoms with Crippen LogP contribution in [0.5, 0.6) is 0 Å². The molecule has 134 valence electrons. The first kappa shape index (κ1) is 18.5. The van der Waals surface area contributed by atoms with Crippen molar-refractivity contribution in [2.75, 3.05) is 33.4 Å². The number of rotatable bonds is 6. The molecule has 0 unspecified atom stereocenters. The van der Waals surface area contributed by atoms with Crippen LogP contribution in [0.15, 0.2) is 0 Å². The molecule has 0 aromatic rings. The second kappa shape index (κ2) is 7.81. The molecule has 1 N–H and O–H groups in total. The molecule has 0 aromatic carbocycles. The van der Waals surface area contributed by atoms with Crippen LogP contribution >= 0.6 is 0 Å². The number of carbonyl (C=O) groups is 1. The Morgan fingerprint density at radius 1 is 1.39 bits per heavy atom. The lowest BCUT2D eigenvalue weighted by Crippen LogP contribution is -2.62. The lowest BCUT2D eigenvalue weighted by Gasteiger charge is -2.44. The fraction of sp³-hybridized carbons (Fsp3) is 0.933. The van der Waals surface area contributed by atoms with E-state index in [4.69, 9.17) is 9.47 Å². The van der Waals surface area contributed by atoms with Crippen molar-refractivity contribution in [2.45, 2.75) is 50.6 Å². The topological polar surface area (TPSA) is 50.8 Å². The summed E-state index contributed by atoms with van der Waals surface area (Å²) in [5, 5.41) is 2.91. The molecule has 1 saturated heterocycles. The lowest BCUT2D eigenvalue weighted by atomic mass is 9.84. The number of likely N-dealkylation sites (tertiary alicyclic amines) is 1. The Morgan fingerprint density at radius 2 is 2.13 bits per heavy atom. The highest BCUT2D eigenvalue weighted by Crippen LogP contribution is 2.28. The largest absolute Gasteiger partial charge is 0.401 e. The van der Waals surface area contributed by atoms with Crippen molar-refractivity contribution in [1.29, 1.82) is 0 Å². The molecule has 1 heterocycles. The molecule has 1 aliphatic carbocycles. The van der Waals surface area contributed by atoms with E-state index in [-0.39, 0.29) is 30.7 Å². The van der Waals surface area contributed by atoms with Gasteiger partial charge in [0, 0.05) is 20.3 Å². The van der Waals surface area contributed by atoms with Gasteiger partial charge in [-0.3, -0.25) is 9.69 Å². The van der Waals surface area contributed by atoms with Crippen LogP contribution in [0.3, 0.4) is 0 Å². The quantitative estimate of drug-likeness (QED) is 0.799. The molecular formula is C15H25F3N2O3. The van der Waals surface area contributed by atoms with E-state index in [1.54, 1.807) is 7.11 Å². The number of nitrogens with zero attached hydrogens (tertiary/aromatic N) is 1. The number of amides is 1. The van der Waals surface area contributed by atoms with Gasteiger partial charge in [0.2, 0.25) is 5.91 Å². The van der Waals surface area contributed by atoms with Crippen LogP contribution in [0.25, 0.3) is 0 Å². The molecule has 2 aliphatic rings. The summed E-state index contributed by atoms with van der Waals surface area (Å²) in [6.45, 7) is 2.08. The maximum absolute atomic E-state index is 12.5. The number of nitrogens with one attached hydrogen (secondary N) is 1. The van der Waals surface area contributed by atoms with E-state index in [0.29, 0.717) is 32.4 Å². The predicted octanol–water partition coefficient (Wildman–Crippen LogP) is 1.57. The van der Waals surface area contributed by atoms with Crippen molar-refractivity contribution in [1.82, 2.24) is 10.2 Å². The Bertz CT molecular complexity index is 406. The fourth-order valence-electron chi connectivity index (χ4n) is 3.38. The third kappa shape index (κ3) is 5.06. The van der Waals surface area contributed by atoms with Crippen molar-refractivity contribution in [2.24, 2.45) is 5.92 Å². The average molecular weight is 338 g/mol. The molecule has 2 fully saturated rings. The summed E-state index contributed by atoms with van der Waals surface area (Å²) in [7, 11) is 1.57. The molecule has 23 heavy (non-hydrogen) atoms. The normalized spacial score (nSPS) is 32.4. The van der Waals surface area contributed by atoms with Gasteiger partial charge in [0.05, 0.1) is 24.6 Å². The summed E-state index contributed by atoms with van der Waals surface area (Å²) in [6, 6.07) is -0.123. The highest BCUT2D eigenvalue weighted by atomic mass is 19.4. The summed E-state index contributed by atoms with van der Waals surface area (Å²) in [4.78, 5) is 13.6. The second-order valence-electron chi connectivity index (χ2n) is 6.23. The molecule has 2 rings (SSSR count). The smallest absolute Gasteiger partial charge is 0.377 e. The first-order chi connectivity index (χ1) is 10.8. The van der Waals surface area contributed by atoms with Gasteiger partial charge < -0.3 is 14.8 Å². The van der Waals surface area contributed by atoms with Crippen LogP contribution in [0.2, 0.25) is 0 Å². The molecule has 4 atom stereocenters. The van der Waals surface area contributed by atoms with Gasteiger partial charge in [-0.25, -0.2) is 0 Å². The van der Waals surface area contributed by atoms with Gasteiger partial charge in [-0.15, -0.1) is 0 Å². The molecule has 1 amide bonds. The first-order valence-electron chi connectivity index (χ1n) is 8.08. The van der Waals surface area contributed by atoms with Crippen LogP contribution in [-0.2, 0) is 14.3 Å². The summed E-state index contributed by atoms with van der Waals surface area (Å²) in [6.07, 6.45) is -2.53. The highest BCUT2D eigenvalue weighted by molar-refractivity contribution is 5.79.